The van der Waals surface area contributed by atoms with Crippen LogP contribution in [0.2, 0.25) is 0 Å². The number of alkyl halides is 2. The standard InChI is InChI=1S/C6H8F2O3.Na.H/c1-2-11-5(10)3-4(9)6(7)8;;/h6H,2-3H2,1H3;;/q;+1;-1. The molecule has 66 valence electrons. The number of halogens is 2. The van der Waals surface area contributed by atoms with Crippen LogP contribution in [0.1, 0.15) is 14.8 Å². The molecular weight excluding hydrogens is 181 g/mol. The molecule has 0 unspecified atom stereocenters. The molecule has 3 nitrogen and oxygen atoms in total. The van der Waals surface area contributed by atoms with Gasteiger partial charge in [0.2, 0.25) is 5.78 Å². The summed E-state index contributed by atoms with van der Waals surface area (Å²) in [6.07, 6.45) is -3.93. The van der Waals surface area contributed by atoms with Crippen molar-refractivity contribution in [1.29, 1.82) is 0 Å². The molecule has 0 saturated heterocycles. The first-order valence-electron chi connectivity index (χ1n) is 3.04. The Labute approximate surface area is 92.2 Å². The van der Waals surface area contributed by atoms with Crippen molar-refractivity contribution in [2.24, 2.45) is 0 Å². The van der Waals surface area contributed by atoms with Crippen molar-refractivity contribution in [2.45, 2.75) is 19.8 Å². The number of rotatable bonds is 4. The second kappa shape index (κ2) is 7.64. The Balaban J connectivity index is -0.000000500. The van der Waals surface area contributed by atoms with E-state index in [1.54, 1.807) is 0 Å². The van der Waals surface area contributed by atoms with E-state index in [0.29, 0.717) is 0 Å². The molecule has 0 aromatic rings. The summed E-state index contributed by atoms with van der Waals surface area (Å²) in [7, 11) is 0. The van der Waals surface area contributed by atoms with Gasteiger partial charge in [0.15, 0.2) is 0 Å². The van der Waals surface area contributed by atoms with Crippen LogP contribution in [0.4, 0.5) is 8.78 Å². The zero-order valence-electron chi connectivity index (χ0n) is 7.97. The molecule has 0 amide bonds. The van der Waals surface area contributed by atoms with Crippen LogP contribution in [-0.4, -0.2) is 24.8 Å². The fourth-order valence-electron chi connectivity index (χ4n) is 0.431. The van der Waals surface area contributed by atoms with Crippen LogP contribution in [0, 0.1) is 0 Å². The van der Waals surface area contributed by atoms with Crippen molar-refractivity contribution in [1.82, 2.24) is 0 Å². The summed E-state index contributed by atoms with van der Waals surface area (Å²) in [5, 5.41) is 0. The van der Waals surface area contributed by atoms with Gasteiger partial charge in [-0.15, -0.1) is 0 Å². The van der Waals surface area contributed by atoms with Gasteiger partial charge in [-0.05, 0) is 6.92 Å². The minimum Gasteiger partial charge on any atom is -1.00 e. The van der Waals surface area contributed by atoms with Gasteiger partial charge in [0, 0.05) is 0 Å². The maximum atomic E-state index is 11.5. The molecule has 0 aliphatic heterocycles. The molecule has 0 rings (SSSR count). The Bertz CT molecular complexity index is 166. The molecule has 0 saturated carbocycles. The Kier molecular flexibility index (Phi) is 9.24. The number of carbonyl (C=O) groups is 2. The van der Waals surface area contributed by atoms with Gasteiger partial charge in [0.25, 0.3) is 6.43 Å². The summed E-state index contributed by atoms with van der Waals surface area (Å²) in [4.78, 5) is 20.6. The summed E-state index contributed by atoms with van der Waals surface area (Å²) in [6, 6.07) is 0. The van der Waals surface area contributed by atoms with E-state index in [1.807, 2.05) is 0 Å². The monoisotopic (exact) mass is 190 g/mol. The zero-order chi connectivity index (χ0) is 8.85. The van der Waals surface area contributed by atoms with Gasteiger partial charge in [-0.3, -0.25) is 9.59 Å². The van der Waals surface area contributed by atoms with Crippen LogP contribution >= 0.6 is 0 Å². The summed E-state index contributed by atoms with van der Waals surface area (Å²) < 4.78 is 27.2. The summed E-state index contributed by atoms with van der Waals surface area (Å²) in [5.74, 6) is -2.30. The van der Waals surface area contributed by atoms with Gasteiger partial charge in [-0.25, -0.2) is 8.78 Å². The van der Waals surface area contributed by atoms with E-state index < -0.39 is 24.6 Å². The predicted octanol–water partition coefficient (Wildman–Crippen LogP) is -2.11. The van der Waals surface area contributed by atoms with Gasteiger partial charge in [0.05, 0.1) is 6.61 Å². The first-order valence-corrected chi connectivity index (χ1v) is 3.04. The van der Waals surface area contributed by atoms with Crippen LogP contribution in [0.25, 0.3) is 0 Å². The number of ketones is 1. The SMILES string of the molecule is CCOC(=O)CC(=O)C(F)F.[H-].[Na+]. The molecule has 0 aromatic heterocycles. The molecule has 0 N–H and O–H groups in total. The zero-order valence-corrected chi connectivity index (χ0v) is 8.97. The third-order valence-electron chi connectivity index (χ3n) is 0.867. The fourth-order valence-corrected chi connectivity index (χ4v) is 0.431. The van der Waals surface area contributed by atoms with Crippen molar-refractivity contribution in [3.05, 3.63) is 0 Å². The second-order valence-corrected chi connectivity index (χ2v) is 1.75. The molecule has 0 aliphatic rings. The van der Waals surface area contributed by atoms with Gasteiger partial charge in [-0.2, -0.15) is 0 Å². The molecule has 0 fully saturated rings. The third-order valence-corrected chi connectivity index (χ3v) is 0.867. The number of ether oxygens (including phenoxy) is 1. The number of Topliss-reactive ketones (excluding diaryl/α,β-unsaturated/α-hetero) is 1. The van der Waals surface area contributed by atoms with E-state index in [-0.39, 0.29) is 37.6 Å². The summed E-state index contributed by atoms with van der Waals surface area (Å²) in [6.45, 7) is 1.63. The molecular formula is C6H9F2NaO3. The van der Waals surface area contributed by atoms with E-state index in [0.717, 1.165) is 0 Å². The van der Waals surface area contributed by atoms with Gasteiger partial charge in [-0.1, -0.05) is 0 Å². The van der Waals surface area contributed by atoms with Crippen LogP contribution in [0.5, 0.6) is 0 Å². The average Bonchev–Trinajstić information content (AvgIpc) is 1.87. The Morgan fingerprint density at radius 2 is 2.00 bits per heavy atom. The van der Waals surface area contributed by atoms with Crippen LogP contribution < -0.4 is 29.6 Å². The van der Waals surface area contributed by atoms with E-state index in [2.05, 4.69) is 4.74 Å². The minimum absolute atomic E-state index is 0. The molecule has 0 radical (unpaired) electrons. The van der Waals surface area contributed by atoms with Crippen molar-refractivity contribution in [3.63, 3.8) is 0 Å². The van der Waals surface area contributed by atoms with Crippen molar-refractivity contribution in [3.8, 4) is 0 Å². The second-order valence-electron chi connectivity index (χ2n) is 1.75. The van der Waals surface area contributed by atoms with Gasteiger partial charge in [0.1, 0.15) is 6.42 Å². The number of esters is 1. The third kappa shape index (κ3) is 6.69. The number of hydrogen-bond acceptors (Lipinski definition) is 3. The summed E-state index contributed by atoms with van der Waals surface area (Å²) in [5.41, 5.74) is 0. The quantitative estimate of drug-likeness (QED) is 0.289. The van der Waals surface area contributed by atoms with E-state index in [4.69, 9.17) is 0 Å². The van der Waals surface area contributed by atoms with Crippen LogP contribution in [-0.2, 0) is 14.3 Å². The Morgan fingerprint density at radius 3 is 2.33 bits per heavy atom. The predicted molar refractivity (Wildman–Crippen MR) is 33.4 cm³/mol. The van der Waals surface area contributed by atoms with E-state index >= 15 is 0 Å². The van der Waals surface area contributed by atoms with Crippen LogP contribution in [0.15, 0.2) is 0 Å². The van der Waals surface area contributed by atoms with Gasteiger partial charge >= 0.3 is 35.5 Å². The summed E-state index contributed by atoms with van der Waals surface area (Å²) >= 11 is 0. The van der Waals surface area contributed by atoms with Crippen molar-refractivity contribution < 1.29 is 54.1 Å². The Morgan fingerprint density at radius 1 is 1.50 bits per heavy atom. The maximum absolute atomic E-state index is 11.5. The van der Waals surface area contributed by atoms with Gasteiger partial charge < -0.3 is 6.16 Å². The normalized spacial score (nSPS) is 9.00. The first kappa shape index (κ1) is 14.5. The molecule has 0 atom stereocenters. The first-order chi connectivity index (χ1) is 5.07. The van der Waals surface area contributed by atoms with Crippen molar-refractivity contribution >= 4 is 11.8 Å². The maximum Gasteiger partial charge on any atom is 1.00 e. The van der Waals surface area contributed by atoms with Crippen LogP contribution in [0.3, 0.4) is 0 Å². The average molecular weight is 190 g/mol. The molecule has 0 bridgehead atoms. The fraction of sp³-hybridized carbons (Fsp3) is 0.667. The largest absolute Gasteiger partial charge is 1.00 e. The molecule has 0 spiro atoms. The molecule has 0 aromatic carbocycles. The molecule has 0 heterocycles. The molecule has 0 aliphatic carbocycles. The smallest absolute Gasteiger partial charge is 1.00 e. The molecule has 6 heteroatoms. The van der Waals surface area contributed by atoms with E-state index in [1.165, 1.54) is 6.92 Å². The topological polar surface area (TPSA) is 43.4 Å². The van der Waals surface area contributed by atoms with E-state index in [9.17, 15) is 18.4 Å². The molecule has 12 heavy (non-hydrogen) atoms. The Hall–Kier alpha value is -0.000000000000000222. The number of hydrogen-bond donors (Lipinski definition) is 0. The minimum atomic E-state index is -3.08. The number of carbonyl (C=O) groups excluding carboxylic acids is 2. The van der Waals surface area contributed by atoms with Crippen molar-refractivity contribution in [2.75, 3.05) is 6.61 Å².